The normalized spacial score (nSPS) is 10.7. The second-order valence-corrected chi connectivity index (χ2v) is 5.25. The minimum Gasteiger partial charge on any atom is -0.478 e. The fourth-order valence-electron chi connectivity index (χ4n) is 1.98. The maximum atomic E-state index is 11.4. The first-order valence-corrected chi connectivity index (χ1v) is 7.69. The number of nitrogens with one attached hydrogen (secondary N) is 1. The Morgan fingerprint density at radius 1 is 0.958 bits per heavy atom. The molecule has 124 valence electrons. The van der Waals surface area contributed by atoms with Crippen molar-refractivity contribution in [1.29, 1.82) is 0 Å². The Balaban J connectivity index is 1.93. The number of carboxylic acid groups (broad SMARTS) is 1. The summed E-state index contributed by atoms with van der Waals surface area (Å²) in [5, 5.41) is 19.9. The molecule has 0 unspecified atom stereocenters. The third-order valence-electron chi connectivity index (χ3n) is 3.30. The van der Waals surface area contributed by atoms with Gasteiger partial charge in [0.2, 0.25) is 5.91 Å². The van der Waals surface area contributed by atoms with Crippen molar-refractivity contribution in [2.24, 2.45) is 10.2 Å². The number of carbonyl (C=O) groups excluding carboxylic acids is 1. The number of benzene rings is 2. The van der Waals surface area contributed by atoms with Crippen molar-refractivity contribution in [3.05, 3.63) is 59.7 Å². The number of carboxylic acids is 1. The Bertz CT molecular complexity index is 722. The highest BCUT2D eigenvalue weighted by Crippen LogP contribution is 2.19. The first-order chi connectivity index (χ1) is 11.6. The molecule has 0 bridgehead atoms. The standard InChI is InChI=1S/C18H19N3O3/c1-2-3-17(22)19-12-13-4-8-15(9-5-13)20-21-16-10-6-14(7-11-16)18(23)24/h4-11H,2-3,12H2,1H3,(H,19,22)(H,23,24). The monoisotopic (exact) mass is 325 g/mol. The molecular formula is C18H19N3O3. The molecule has 0 fully saturated rings. The van der Waals surface area contributed by atoms with Gasteiger partial charge in [-0.25, -0.2) is 4.79 Å². The topological polar surface area (TPSA) is 91.1 Å². The van der Waals surface area contributed by atoms with E-state index in [0.717, 1.165) is 12.0 Å². The van der Waals surface area contributed by atoms with Crippen molar-refractivity contribution < 1.29 is 14.7 Å². The van der Waals surface area contributed by atoms with Crippen LogP contribution in [0.5, 0.6) is 0 Å². The highest BCUT2D eigenvalue weighted by molar-refractivity contribution is 5.87. The summed E-state index contributed by atoms with van der Waals surface area (Å²) >= 11 is 0. The predicted molar refractivity (Wildman–Crippen MR) is 90.8 cm³/mol. The number of rotatable bonds is 7. The van der Waals surface area contributed by atoms with E-state index in [1.807, 2.05) is 31.2 Å². The van der Waals surface area contributed by atoms with Crippen LogP contribution in [0.15, 0.2) is 58.8 Å². The molecule has 0 saturated heterocycles. The van der Waals surface area contributed by atoms with Gasteiger partial charge in [0.05, 0.1) is 16.9 Å². The molecule has 2 N–H and O–H groups in total. The summed E-state index contributed by atoms with van der Waals surface area (Å²) in [7, 11) is 0. The van der Waals surface area contributed by atoms with Gasteiger partial charge in [0.1, 0.15) is 0 Å². The third-order valence-corrected chi connectivity index (χ3v) is 3.30. The van der Waals surface area contributed by atoms with Gasteiger partial charge in [0.25, 0.3) is 0 Å². The number of aromatic carboxylic acids is 1. The molecule has 2 aromatic carbocycles. The number of nitrogens with zero attached hydrogens (tertiary/aromatic N) is 2. The number of amides is 1. The van der Waals surface area contributed by atoms with E-state index in [4.69, 9.17) is 5.11 Å². The molecule has 0 heterocycles. The molecule has 1 amide bonds. The molecule has 0 saturated carbocycles. The molecule has 0 aliphatic rings. The average molecular weight is 325 g/mol. The van der Waals surface area contributed by atoms with Crippen LogP contribution in [0.3, 0.4) is 0 Å². The largest absolute Gasteiger partial charge is 0.478 e. The summed E-state index contributed by atoms with van der Waals surface area (Å²) in [5.74, 6) is -0.925. The Hall–Kier alpha value is -3.02. The lowest BCUT2D eigenvalue weighted by Gasteiger charge is -2.04. The van der Waals surface area contributed by atoms with Gasteiger partial charge < -0.3 is 10.4 Å². The second kappa shape index (κ2) is 8.57. The summed E-state index contributed by atoms with van der Waals surface area (Å²) < 4.78 is 0. The van der Waals surface area contributed by atoms with Gasteiger partial charge in [-0.15, -0.1) is 0 Å². The lowest BCUT2D eigenvalue weighted by molar-refractivity contribution is -0.121. The van der Waals surface area contributed by atoms with Gasteiger partial charge in [-0.05, 0) is 48.4 Å². The zero-order valence-electron chi connectivity index (χ0n) is 13.4. The highest BCUT2D eigenvalue weighted by atomic mass is 16.4. The molecule has 0 radical (unpaired) electrons. The molecule has 0 atom stereocenters. The van der Waals surface area contributed by atoms with Crippen molar-refractivity contribution in [1.82, 2.24) is 5.32 Å². The molecule has 0 aromatic heterocycles. The van der Waals surface area contributed by atoms with Gasteiger partial charge >= 0.3 is 5.97 Å². The second-order valence-electron chi connectivity index (χ2n) is 5.25. The van der Waals surface area contributed by atoms with Crippen molar-refractivity contribution >= 4 is 23.3 Å². The van der Waals surface area contributed by atoms with Crippen molar-refractivity contribution in [3.8, 4) is 0 Å². The van der Waals surface area contributed by atoms with Crippen LogP contribution in [-0.4, -0.2) is 17.0 Å². The van der Waals surface area contributed by atoms with Crippen molar-refractivity contribution in [2.75, 3.05) is 0 Å². The first-order valence-electron chi connectivity index (χ1n) is 7.69. The fraction of sp³-hybridized carbons (Fsp3) is 0.222. The smallest absolute Gasteiger partial charge is 0.335 e. The molecule has 2 aromatic rings. The molecule has 0 aliphatic carbocycles. The molecule has 2 rings (SSSR count). The lowest BCUT2D eigenvalue weighted by Crippen LogP contribution is -2.21. The molecule has 24 heavy (non-hydrogen) atoms. The van der Waals surface area contributed by atoms with E-state index in [-0.39, 0.29) is 11.5 Å². The van der Waals surface area contributed by atoms with Gasteiger partial charge in [0, 0.05) is 13.0 Å². The predicted octanol–water partition coefficient (Wildman–Crippen LogP) is 4.22. The Kier molecular flexibility index (Phi) is 6.19. The molecule has 0 aliphatic heterocycles. The van der Waals surface area contributed by atoms with Gasteiger partial charge in [0.15, 0.2) is 0 Å². The molecule has 0 spiro atoms. The van der Waals surface area contributed by atoms with E-state index in [9.17, 15) is 9.59 Å². The summed E-state index contributed by atoms with van der Waals surface area (Å²) in [5.41, 5.74) is 2.46. The van der Waals surface area contributed by atoms with Crippen LogP contribution in [0.2, 0.25) is 0 Å². The van der Waals surface area contributed by atoms with Gasteiger partial charge in [-0.1, -0.05) is 19.1 Å². The van der Waals surface area contributed by atoms with Crippen molar-refractivity contribution in [3.63, 3.8) is 0 Å². The van der Waals surface area contributed by atoms with Crippen LogP contribution < -0.4 is 5.32 Å². The minimum atomic E-state index is -0.972. The summed E-state index contributed by atoms with van der Waals surface area (Å²) in [6, 6.07) is 13.6. The third kappa shape index (κ3) is 5.31. The average Bonchev–Trinajstić information content (AvgIpc) is 2.59. The van der Waals surface area contributed by atoms with Crippen LogP contribution >= 0.6 is 0 Å². The van der Waals surface area contributed by atoms with E-state index in [1.165, 1.54) is 12.1 Å². The SMILES string of the molecule is CCCC(=O)NCc1ccc(N=Nc2ccc(C(=O)O)cc2)cc1. The Morgan fingerprint density at radius 3 is 2.00 bits per heavy atom. The zero-order chi connectivity index (χ0) is 17.4. The van der Waals surface area contributed by atoms with Crippen LogP contribution in [0.4, 0.5) is 11.4 Å². The van der Waals surface area contributed by atoms with E-state index < -0.39 is 5.97 Å². The maximum absolute atomic E-state index is 11.4. The van der Waals surface area contributed by atoms with Gasteiger partial charge in [-0.2, -0.15) is 10.2 Å². The maximum Gasteiger partial charge on any atom is 0.335 e. The van der Waals surface area contributed by atoms with Crippen LogP contribution in [0.25, 0.3) is 0 Å². The number of azo groups is 1. The Labute approximate surface area is 140 Å². The highest BCUT2D eigenvalue weighted by Gasteiger charge is 2.01. The summed E-state index contributed by atoms with van der Waals surface area (Å²) in [6.45, 7) is 2.46. The quantitative estimate of drug-likeness (QED) is 0.747. The fourth-order valence-corrected chi connectivity index (χ4v) is 1.98. The van der Waals surface area contributed by atoms with Crippen LogP contribution in [-0.2, 0) is 11.3 Å². The molecular weight excluding hydrogens is 306 g/mol. The van der Waals surface area contributed by atoms with E-state index in [0.29, 0.717) is 24.3 Å². The number of carbonyl (C=O) groups is 2. The van der Waals surface area contributed by atoms with Crippen molar-refractivity contribution in [2.45, 2.75) is 26.3 Å². The van der Waals surface area contributed by atoms with E-state index in [1.54, 1.807) is 12.1 Å². The van der Waals surface area contributed by atoms with E-state index >= 15 is 0 Å². The van der Waals surface area contributed by atoms with Crippen LogP contribution in [0.1, 0.15) is 35.7 Å². The lowest BCUT2D eigenvalue weighted by atomic mass is 10.2. The summed E-state index contributed by atoms with van der Waals surface area (Å²) in [6.07, 6.45) is 1.37. The van der Waals surface area contributed by atoms with Gasteiger partial charge in [-0.3, -0.25) is 4.79 Å². The zero-order valence-corrected chi connectivity index (χ0v) is 13.4. The van der Waals surface area contributed by atoms with Crippen LogP contribution in [0, 0.1) is 0 Å². The number of hydrogen-bond acceptors (Lipinski definition) is 4. The summed E-state index contributed by atoms with van der Waals surface area (Å²) in [4.78, 5) is 22.2. The number of hydrogen-bond donors (Lipinski definition) is 2. The Morgan fingerprint density at radius 2 is 1.50 bits per heavy atom. The van der Waals surface area contributed by atoms with E-state index in [2.05, 4.69) is 15.5 Å². The molecule has 6 nitrogen and oxygen atoms in total. The first kappa shape index (κ1) is 17.3. The molecule has 6 heteroatoms. The minimum absolute atomic E-state index is 0.0473.